The minimum Gasteiger partial charge on any atom is -0.464 e. The van der Waals surface area contributed by atoms with Gasteiger partial charge < -0.3 is 13.7 Å². The zero-order chi connectivity index (χ0) is 25.1. The molecule has 1 N–H and O–H groups in total. The minimum absolute atomic E-state index is 0.0944. The second-order valence-electron chi connectivity index (χ2n) is 8.60. The van der Waals surface area contributed by atoms with E-state index in [1.807, 2.05) is 38.1 Å². The number of hydrogen-bond donors (Lipinski definition) is 1. The molecular weight excluding hydrogens is 446 g/mol. The smallest absolute Gasteiger partial charge is 0.291 e. The van der Waals surface area contributed by atoms with Gasteiger partial charge in [0.2, 0.25) is 5.91 Å². The SMILES string of the molecule is Cc1ccc2c(CC(=O)N/N=C3\CCCc4oc(C(=O)N(CC#N)CC#N)c(C)c43)coc2c1C. The molecule has 3 aromatic rings. The fourth-order valence-corrected chi connectivity index (χ4v) is 4.37. The Labute approximate surface area is 202 Å². The summed E-state index contributed by atoms with van der Waals surface area (Å²) in [5.74, 6) is -0.0828. The topological polar surface area (TPSA) is 136 Å². The van der Waals surface area contributed by atoms with E-state index in [1.54, 1.807) is 13.2 Å². The van der Waals surface area contributed by atoms with Crippen molar-refractivity contribution in [3.8, 4) is 12.1 Å². The lowest BCUT2D eigenvalue weighted by Gasteiger charge is -2.14. The Bertz CT molecular complexity index is 1410. The fourth-order valence-electron chi connectivity index (χ4n) is 4.37. The maximum Gasteiger partial charge on any atom is 0.291 e. The van der Waals surface area contributed by atoms with E-state index in [2.05, 4.69) is 10.5 Å². The molecule has 35 heavy (non-hydrogen) atoms. The highest BCUT2D eigenvalue weighted by molar-refractivity contribution is 6.06. The van der Waals surface area contributed by atoms with E-state index >= 15 is 0 Å². The highest BCUT2D eigenvalue weighted by Gasteiger charge is 2.30. The van der Waals surface area contributed by atoms with Gasteiger partial charge in [0.1, 0.15) is 24.4 Å². The molecule has 0 unspecified atom stereocenters. The van der Waals surface area contributed by atoms with Crippen LogP contribution in [0.2, 0.25) is 0 Å². The first-order valence-electron chi connectivity index (χ1n) is 11.3. The first-order valence-corrected chi connectivity index (χ1v) is 11.3. The van der Waals surface area contributed by atoms with Gasteiger partial charge in [-0.2, -0.15) is 15.6 Å². The van der Waals surface area contributed by atoms with Gasteiger partial charge in [-0.05, 0) is 44.7 Å². The zero-order valence-electron chi connectivity index (χ0n) is 19.9. The van der Waals surface area contributed by atoms with Crippen LogP contribution < -0.4 is 5.43 Å². The summed E-state index contributed by atoms with van der Waals surface area (Å²) in [7, 11) is 0. The molecule has 0 radical (unpaired) electrons. The van der Waals surface area contributed by atoms with Gasteiger partial charge in [0.05, 0.1) is 30.5 Å². The van der Waals surface area contributed by atoms with Gasteiger partial charge in [-0.15, -0.1) is 0 Å². The minimum atomic E-state index is -0.513. The number of hydrogen-bond acceptors (Lipinski definition) is 7. The van der Waals surface area contributed by atoms with Crippen molar-refractivity contribution in [3.05, 3.63) is 57.7 Å². The Morgan fingerprint density at radius 3 is 2.57 bits per heavy atom. The molecule has 9 nitrogen and oxygen atoms in total. The summed E-state index contributed by atoms with van der Waals surface area (Å²) in [4.78, 5) is 26.7. The fraction of sp³-hybridized carbons (Fsp3) is 0.346. The van der Waals surface area contributed by atoms with Crippen molar-refractivity contribution >= 4 is 28.5 Å². The monoisotopic (exact) mass is 471 g/mol. The quantitative estimate of drug-likeness (QED) is 0.428. The predicted molar refractivity (Wildman–Crippen MR) is 128 cm³/mol. The standard InChI is InChI=1S/C26H25N5O4/c1-15-7-8-19-18(14-34-24(19)16(15)2)13-22(32)30-29-20-5-4-6-21-23(20)17(3)25(35-21)26(33)31(11-9-27)12-10-28/h7-8,14H,4-6,11-13H2,1-3H3,(H,30,32)/b29-20+. The van der Waals surface area contributed by atoms with Crippen molar-refractivity contribution in [2.45, 2.75) is 46.5 Å². The number of amides is 2. The highest BCUT2D eigenvalue weighted by Crippen LogP contribution is 2.31. The molecular formula is C26H25N5O4. The van der Waals surface area contributed by atoms with Crippen LogP contribution in [0.15, 0.2) is 32.3 Å². The summed E-state index contributed by atoms with van der Waals surface area (Å²) in [6.07, 6.45) is 3.73. The molecule has 2 amide bonds. The van der Waals surface area contributed by atoms with Crippen LogP contribution in [-0.4, -0.2) is 35.5 Å². The number of carbonyl (C=O) groups excluding carboxylic acids is 2. The Balaban J connectivity index is 1.54. The molecule has 0 bridgehead atoms. The number of aryl methyl sites for hydroxylation is 3. The van der Waals surface area contributed by atoms with Crippen LogP contribution in [0.5, 0.6) is 0 Å². The second kappa shape index (κ2) is 9.86. The van der Waals surface area contributed by atoms with Crippen LogP contribution in [0.25, 0.3) is 11.0 Å². The average Bonchev–Trinajstić information content (AvgIpc) is 3.41. The van der Waals surface area contributed by atoms with Crippen LogP contribution in [0, 0.1) is 43.4 Å². The maximum atomic E-state index is 12.9. The molecule has 2 aromatic heterocycles. The van der Waals surface area contributed by atoms with E-state index in [0.717, 1.165) is 39.0 Å². The normalized spacial score (nSPS) is 13.8. The third kappa shape index (κ3) is 4.53. The lowest BCUT2D eigenvalue weighted by Crippen LogP contribution is -2.32. The summed E-state index contributed by atoms with van der Waals surface area (Å²) < 4.78 is 11.5. The average molecular weight is 472 g/mol. The van der Waals surface area contributed by atoms with Gasteiger partial charge in [0.25, 0.3) is 5.91 Å². The summed E-state index contributed by atoms with van der Waals surface area (Å²) in [5, 5.41) is 23.2. The van der Waals surface area contributed by atoms with Gasteiger partial charge >= 0.3 is 0 Å². The van der Waals surface area contributed by atoms with E-state index in [1.165, 1.54) is 0 Å². The summed E-state index contributed by atoms with van der Waals surface area (Å²) in [5.41, 5.74) is 8.30. The maximum absolute atomic E-state index is 12.9. The second-order valence-corrected chi connectivity index (χ2v) is 8.60. The van der Waals surface area contributed by atoms with E-state index in [9.17, 15) is 9.59 Å². The third-order valence-electron chi connectivity index (χ3n) is 6.34. The summed E-state index contributed by atoms with van der Waals surface area (Å²) >= 11 is 0. The Morgan fingerprint density at radius 1 is 1.11 bits per heavy atom. The zero-order valence-corrected chi connectivity index (χ0v) is 19.9. The van der Waals surface area contributed by atoms with E-state index < -0.39 is 5.91 Å². The van der Waals surface area contributed by atoms with Crippen LogP contribution in [0.1, 0.15) is 57.0 Å². The number of nitrogens with one attached hydrogen (secondary N) is 1. The molecule has 0 atom stereocenters. The molecule has 0 saturated carbocycles. The molecule has 1 aliphatic carbocycles. The van der Waals surface area contributed by atoms with Crippen LogP contribution >= 0.6 is 0 Å². The van der Waals surface area contributed by atoms with Crippen molar-refractivity contribution in [2.75, 3.05) is 13.1 Å². The summed E-state index contributed by atoms with van der Waals surface area (Å²) in [6, 6.07) is 7.75. The Hall–Kier alpha value is -4.37. The molecule has 9 heteroatoms. The molecule has 0 spiro atoms. The van der Waals surface area contributed by atoms with Gasteiger partial charge in [-0.1, -0.05) is 12.1 Å². The molecule has 178 valence electrons. The number of carbonyl (C=O) groups is 2. The van der Waals surface area contributed by atoms with Crippen molar-refractivity contribution in [3.63, 3.8) is 0 Å². The van der Waals surface area contributed by atoms with Crippen molar-refractivity contribution in [1.29, 1.82) is 10.5 Å². The van der Waals surface area contributed by atoms with Gasteiger partial charge in [0, 0.05) is 28.5 Å². The number of hydrazone groups is 1. The number of furan rings is 2. The number of benzene rings is 1. The number of fused-ring (bicyclic) bond motifs is 2. The van der Waals surface area contributed by atoms with Crippen LogP contribution in [-0.2, 0) is 17.6 Å². The highest BCUT2D eigenvalue weighted by atomic mass is 16.4. The van der Waals surface area contributed by atoms with Gasteiger partial charge in [0.15, 0.2) is 5.76 Å². The van der Waals surface area contributed by atoms with Crippen molar-refractivity contribution in [1.82, 2.24) is 10.3 Å². The molecule has 2 heterocycles. The predicted octanol–water partition coefficient (Wildman–Crippen LogP) is 3.84. The largest absolute Gasteiger partial charge is 0.464 e. The first kappa shape index (κ1) is 23.8. The van der Waals surface area contributed by atoms with E-state index in [4.69, 9.17) is 19.4 Å². The van der Waals surface area contributed by atoms with Crippen LogP contribution in [0.3, 0.4) is 0 Å². The molecule has 0 fully saturated rings. The number of rotatable bonds is 6. The molecule has 0 aliphatic heterocycles. The Kier molecular flexibility index (Phi) is 6.70. The number of nitrogens with zero attached hydrogens (tertiary/aromatic N) is 4. The van der Waals surface area contributed by atoms with Crippen molar-refractivity contribution in [2.24, 2.45) is 5.10 Å². The van der Waals surface area contributed by atoms with Crippen molar-refractivity contribution < 1.29 is 18.4 Å². The van der Waals surface area contributed by atoms with Gasteiger partial charge in [-0.25, -0.2) is 5.43 Å². The number of nitriles is 2. The first-order chi connectivity index (χ1) is 16.8. The van der Waals surface area contributed by atoms with E-state index in [-0.39, 0.29) is 31.2 Å². The van der Waals surface area contributed by atoms with Gasteiger partial charge in [-0.3, -0.25) is 9.59 Å². The molecule has 1 aliphatic rings. The lowest BCUT2D eigenvalue weighted by molar-refractivity contribution is -0.120. The molecule has 0 saturated heterocycles. The van der Waals surface area contributed by atoms with E-state index in [0.29, 0.717) is 35.4 Å². The molecule has 1 aromatic carbocycles. The third-order valence-corrected chi connectivity index (χ3v) is 6.34. The molecule has 4 rings (SSSR count). The Morgan fingerprint density at radius 2 is 1.86 bits per heavy atom. The lowest BCUT2D eigenvalue weighted by atomic mass is 9.93. The van der Waals surface area contributed by atoms with Crippen LogP contribution in [0.4, 0.5) is 0 Å². The summed E-state index contributed by atoms with van der Waals surface area (Å²) in [6.45, 7) is 5.33.